The Hall–Kier alpha value is -2.96. The SMILES string of the molecule is O=C(NCCC(=O)N1CCOCC1)c1cc(-c2ccccc2Cl)nc2ccccc12. The zero-order chi connectivity index (χ0) is 20.9. The maximum atomic E-state index is 13.0. The zero-order valence-electron chi connectivity index (χ0n) is 16.4. The lowest BCUT2D eigenvalue weighted by Crippen LogP contribution is -2.42. The number of carbonyl (C=O) groups excluding carboxylic acids is 2. The van der Waals surface area contributed by atoms with E-state index >= 15 is 0 Å². The van der Waals surface area contributed by atoms with Crippen LogP contribution in [0.5, 0.6) is 0 Å². The first kappa shape index (κ1) is 20.3. The van der Waals surface area contributed by atoms with E-state index in [1.165, 1.54) is 0 Å². The van der Waals surface area contributed by atoms with Crippen LogP contribution in [0.3, 0.4) is 0 Å². The van der Waals surface area contributed by atoms with E-state index in [0.29, 0.717) is 48.1 Å². The molecule has 3 aromatic rings. The fraction of sp³-hybridized carbons (Fsp3) is 0.261. The van der Waals surface area contributed by atoms with Crippen molar-refractivity contribution in [2.75, 3.05) is 32.8 Å². The van der Waals surface area contributed by atoms with Crippen LogP contribution in [0.25, 0.3) is 22.2 Å². The molecule has 1 aliphatic rings. The largest absolute Gasteiger partial charge is 0.378 e. The van der Waals surface area contributed by atoms with E-state index < -0.39 is 0 Å². The number of fused-ring (bicyclic) bond motifs is 1. The molecule has 2 amide bonds. The highest BCUT2D eigenvalue weighted by Crippen LogP contribution is 2.29. The summed E-state index contributed by atoms with van der Waals surface area (Å²) in [4.78, 5) is 31.7. The Labute approximate surface area is 179 Å². The second-order valence-corrected chi connectivity index (χ2v) is 7.46. The molecule has 1 aromatic heterocycles. The molecule has 1 N–H and O–H groups in total. The Morgan fingerprint density at radius 2 is 1.80 bits per heavy atom. The lowest BCUT2D eigenvalue weighted by molar-refractivity contribution is -0.135. The number of carbonyl (C=O) groups is 2. The molecule has 0 spiro atoms. The van der Waals surface area contributed by atoms with Crippen molar-refractivity contribution in [3.8, 4) is 11.3 Å². The molecule has 30 heavy (non-hydrogen) atoms. The maximum absolute atomic E-state index is 13.0. The predicted octanol–water partition coefficient (Wildman–Crippen LogP) is 3.53. The van der Waals surface area contributed by atoms with Crippen molar-refractivity contribution in [1.29, 1.82) is 0 Å². The number of nitrogens with zero attached hydrogens (tertiary/aromatic N) is 2. The number of hydrogen-bond donors (Lipinski definition) is 1. The van der Waals surface area contributed by atoms with Gasteiger partial charge >= 0.3 is 0 Å². The first-order valence-electron chi connectivity index (χ1n) is 9.92. The van der Waals surface area contributed by atoms with Gasteiger partial charge in [-0.1, -0.05) is 48.0 Å². The molecule has 0 saturated carbocycles. The summed E-state index contributed by atoms with van der Waals surface area (Å²) >= 11 is 6.34. The Morgan fingerprint density at radius 1 is 1.07 bits per heavy atom. The van der Waals surface area contributed by atoms with Gasteiger partial charge in [0.2, 0.25) is 5.91 Å². The highest BCUT2D eigenvalue weighted by Gasteiger charge is 2.18. The maximum Gasteiger partial charge on any atom is 0.252 e. The lowest BCUT2D eigenvalue weighted by atomic mass is 10.0. The minimum atomic E-state index is -0.239. The predicted molar refractivity (Wildman–Crippen MR) is 117 cm³/mol. The number of para-hydroxylation sites is 1. The van der Waals surface area contributed by atoms with Crippen LogP contribution >= 0.6 is 11.6 Å². The van der Waals surface area contributed by atoms with E-state index in [1.54, 1.807) is 17.0 Å². The van der Waals surface area contributed by atoms with Gasteiger partial charge in [0.15, 0.2) is 0 Å². The van der Waals surface area contributed by atoms with Gasteiger partial charge in [-0.05, 0) is 18.2 Å². The van der Waals surface area contributed by atoms with Crippen LogP contribution in [-0.2, 0) is 9.53 Å². The number of ether oxygens (including phenoxy) is 1. The molecule has 0 unspecified atom stereocenters. The molecule has 6 nitrogen and oxygen atoms in total. The van der Waals surface area contributed by atoms with Gasteiger partial charge in [0, 0.05) is 42.0 Å². The average molecular weight is 424 g/mol. The summed E-state index contributed by atoms with van der Waals surface area (Å²) in [5, 5.41) is 4.20. The number of pyridine rings is 1. The van der Waals surface area contributed by atoms with Crippen molar-refractivity contribution in [3.05, 3.63) is 65.2 Å². The third kappa shape index (κ3) is 4.45. The Bertz CT molecular complexity index is 1080. The lowest BCUT2D eigenvalue weighted by Gasteiger charge is -2.26. The molecule has 7 heteroatoms. The number of aromatic nitrogens is 1. The molecule has 2 heterocycles. The van der Waals surface area contributed by atoms with Crippen LogP contribution in [-0.4, -0.2) is 54.5 Å². The second-order valence-electron chi connectivity index (χ2n) is 7.05. The molecule has 0 bridgehead atoms. The summed E-state index contributed by atoms with van der Waals surface area (Å²) in [6.45, 7) is 2.59. The van der Waals surface area contributed by atoms with Gasteiger partial charge in [-0.3, -0.25) is 9.59 Å². The third-order valence-corrected chi connectivity index (χ3v) is 5.43. The zero-order valence-corrected chi connectivity index (χ0v) is 17.2. The fourth-order valence-electron chi connectivity index (χ4n) is 3.52. The van der Waals surface area contributed by atoms with Crippen molar-refractivity contribution in [1.82, 2.24) is 15.2 Å². The van der Waals surface area contributed by atoms with Crippen molar-refractivity contribution >= 4 is 34.3 Å². The molecule has 0 radical (unpaired) electrons. The summed E-state index contributed by atoms with van der Waals surface area (Å²) in [5.74, 6) is -0.216. The highest BCUT2D eigenvalue weighted by atomic mass is 35.5. The number of benzene rings is 2. The normalized spacial score (nSPS) is 14.0. The summed E-state index contributed by atoms with van der Waals surface area (Å²) in [5.41, 5.74) is 2.62. The van der Waals surface area contributed by atoms with Crippen molar-refractivity contribution in [2.45, 2.75) is 6.42 Å². The van der Waals surface area contributed by atoms with Gasteiger partial charge in [-0.25, -0.2) is 4.98 Å². The van der Waals surface area contributed by atoms with Crippen LogP contribution in [0.2, 0.25) is 5.02 Å². The van der Waals surface area contributed by atoms with E-state index in [0.717, 1.165) is 10.9 Å². The van der Waals surface area contributed by atoms with Gasteiger partial charge < -0.3 is 15.0 Å². The van der Waals surface area contributed by atoms with Crippen molar-refractivity contribution in [2.24, 2.45) is 0 Å². The number of nitrogens with one attached hydrogen (secondary N) is 1. The molecular formula is C23H22ClN3O3. The van der Waals surface area contributed by atoms with E-state index in [2.05, 4.69) is 10.3 Å². The van der Waals surface area contributed by atoms with Gasteiger partial charge in [0.05, 0.1) is 30.0 Å². The fourth-order valence-corrected chi connectivity index (χ4v) is 3.75. The molecule has 0 atom stereocenters. The summed E-state index contributed by atoms with van der Waals surface area (Å²) in [6, 6.07) is 16.7. The van der Waals surface area contributed by atoms with Gasteiger partial charge in [-0.2, -0.15) is 0 Å². The minimum Gasteiger partial charge on any atom is -0.378 e. The number of rotatable bonds is 5. The minimum absolute atomic E-state index is 0.0231. The monoisotopic (exact) mass is 423 g/mol. The number of halogens is 1. The van der Waals surface area contributed by atoms with Crippen LogP contribution in [0.15, 0.2) is 54.6 Å². The van der Waals surface area contributed by atoms with E-state index in [9.17, 15) is 9.59 Å². The average Bonchev–Trinajstić information content (AvgIpc) is 2.79. The number of morpholine rings is 1. The molecule has 154 valence electrons. The first-order valence-corrected chi connectivity index (χ1v) is 10.3. The number of hydrogen-bond acceptors (Lipinski definition) is 4. The Morgan fingerprint density at radius 3 is 2.60 bits per heavy atom. The Kier molecular flexibility index (Phi) is 6.26. The van der Waals surface area contributed by atoms with E-state index in [4.69, 9.17) is 16.3 Å². The first-order chi connectivity index (χ1) is 14.6. The summed E-state index contributed by atoms with van der Waals surface area (Å²) in [7, 11) is 0. The molecule has 1 aliphatic heterocycles. The van der Waals surface area contributed by atoms with Gasteiger partial charge in [0.25, 0.3) is 5.91 Å². The smallest absolute Gasteiger partial charge is 0.252 e. The van der Waals surface area contributed by atoms with Crippen LogP contribution in [0, 0.1) is 0 Å². The Balaban J connectivity index is 1.54. The molecule has 2 aromatic carbocycles. The van der Waals surface area contributed by atoms with Crippen LogP contribution in [0.1, 0.15) is 16.8 Å². The van der Waals surface area contributed by atoms with Gasteiger partial charge in [0.1, 0.15) is 0 Å². The van der Waals surface area contributed by atoms with Crippen LogP contribution in [0.4, 0.5) is 0 Å². The van der Waals surface area contributed by atoms with E-state index in [1.807, 2.05) is 42.5 Å². The molecule has 0 aliphatic carbocycles. The van der Waals surface area contributed by atoms with Crippen LogP contribution < -0.4 is 5.32 Å². The standard InChI is InChI=1S/C23H22ClN3O3/c24-19-7-3-1-6-17(19)21-15-18(16-5-2-4-8-20(16)26-21)23(29)25-10-9-22(28)27-11-13-30-14-12-27/h1-8,15H,9-14H2,(H,25,29). The van der Waals surface area contributed by atoms with Crippen molar-refractivity contribution < 1.29 is 14.3 Å². The number of amides is 2. The molecule has 1 saturated heterocycles. The highest BCUT2D eigenvalue weighted by molar-refractivity contribution is 6.33. The van der Waals surface area contributed by atoms with Gasteiger partial charge in [-0.15, -0.1) is 0 Å². The molecule has 4 rings (SSSR count). The quantitative estimate of drug-likeness (QED) is 0.681. The third-order valence-electron chi connectivity index (χ3n) is 5.10. The summed E-state index contributed by atoms with van der Waals surface area (Å²) < 4.78 is 5.27. The van der Waals surface area contributed by atoms with Crippen molar-refractivity contribution in [3.63, 3.8) is 0 Å². The van der Waals surface area contributed by atoms with E-state index in [-0.39, 0.29) is 24.8 Å². The topological polar surface area (TPSA) is 71.5 Å². The molecular weight excluding hydrogens is 402 g/mol. The summed E-state index contributed by atoms with van der Waals surface area (Å²) in [6.07, 6.45) is 0.256. The molecule has 1 fully saturated rings. The second kappa shape index (κ2) is 9.24.